The predicted molar refractivity (Wildman–Crippen MR) is 78.7 cm³/mol. The van der Waals surface area contributed by atoms with E-state index in [1.54, 1.807) is 12.3 Å². The predicted octanol–water partition coefficient (Wildman–Crippen LogP) is 1.79. The number of carbonyl (C=O) groups excluding carboxylic acids is 1. The maximum atomic E-state index is 11.7. The molecule has 1 fully saturated rings. The largest absolute Gasteiger partial charge is 0.393 e. The summed E-state index contributed by atoms with van der Waals surface area (Å²) in [6.45, 7) is 3.43. The molecule has 2 unspecified atom stereocenters. The highest BCUT2D eigenvalue weighted by molar-refractivity contribution is 5.93. The average molecular weight is 277 g/mol. The van der Waals surface area contributed by atoms with Gasteiger partial charge in [0, 0.05) is 25.2 Å². The van der Waals surface area contributed by atoms with Crippen LogP contribution in [0.2, 0.25) is 0 Å². The summed E-state index contributed by atoms with van der Waals surface area (Å²) in [4.78, 5) is 16.0. The Morgan fingerprint density at radius 3 is 2.90 bits per heavy atom. The lowest BCUT2D eigenvalue weighted by atomic mass is 10.1. The summed E-state index contributed by atoms with van der Waals surface area (Å²) in [5.74, 6) is 0.970. The lowest BCUT2D eigenvalue weighted by molar-refractivity contribution is 0.0953. The Labute approximate surface area is 119 Å². The van der Waals surface area contributed by atoms with Crippen LogP contribution in [0.4, 0.5) is 5.82 Å². The zero-order chi connectivity index (χ0) is 14.4. The summed E-state index contributed by atoms with van der Waals surface area (Å²) >= 11 is 0. The number of aromatic nitrogens is 1. The Hall–Kier alpha value is -1.62. The van der Waals surface area contributed by atoms with Gasteiger partial charge in [-0.05, 0) is 31.4 Å². The van der Waals surface area contributed by atoms with E-state index in [2.05, 4.69) is 15.6 Å². The number of anilines is 1. The first-order valence-electron chi connectivity index (χ1n) is 7.37. The van der Waals surface area contributed by atoms with E-state index in [4.69, 9.17) is 0 Å². The van der Waals surface area contributed by atoms with Crippen LogP contribution in [-0.2, 0) is 0 Å². The fourth-order valence-electron chi connectivity index (χ4n) is 2.46. The quantitative estimate of drug-likeness (QED) is 0.741. The van der Waals surface area contributed by atoms with Crippen LogP contribution in [0.25, 0.3) is 0 Å². The van der Waals surface area contributed by atoms with Gasteiger partial charge in [0.15, 0.2) is 0 Å². The zero-order valence-corrected chi connectivity index (χ0v) is 11.9. The Morgan fingerprint density at radius 1 is 1.45 bits per heavy atom. The minimum absolute atomic E-state index is 0.0860. The number of hydrogen-bond acceptors (Lipinski definition) is 4. The Kier molecular flexibility index (Phi) is 5.35. The maximum absolute atomic E-state index is 11.7. The second kappa shape index (κ2) is 7.24. The van der Waals surface area contributed by atoms with Gasteiger partial charge in [0.25, 0.3) is 5.91 Å². The smallest absolute Gasteiger partial charge is 0.252 e. The number of aliphatic hydroxyl groups excluding tert-OH is 1. The van der Waals surface area contributed by atoms with Crippen molar-refractivity contribution in [2.75, 3.05) is 18.4 Å². The topological polar surface area (TPSA) is 74.2 Å². The summed E-state index contributed by atoms with van der Waals surface area (Å²) in [5.41, 5.74) is 0.574. The van der Waals surface area contributed by atoms with E-state index in [1.807, 2.05) is 13.0 Å². The molecule has 1 aromatic heterocycles. The van der Waals surface area contributed by atoms with Crippen molar-refractivity contribution in [1.82, 2.24) is 10.3 Å². The van der Waals surface area contributed by atoms with Gasteiger partial charge in [0.1, 0.15) is 5.82 Å². The molecule has 0 aliphatic heterocycles. The van der Waals surface area contributed by atoms with E-state index >= 15 is 0 Å². The number of nitrogens with one attached hydrogen (secondary N) is 2. The van der Waals surface area contributed by atoms with Crippen LogP contribution in [0.3, 0.4) is 0 Å². The first-order chi connectivity index (χ1) is 9.70. The SMILES string of the molecule is CCCNC(=O)c1ccc(NCC2CCCC2O)nc1. The Morgan fingerprint density at radius 2 is 2.30 bits per heavy atom. The second-order valence-corrected chi connectivity index (χ2v) is 5.33. The van der Waals surface area contributed by atoms with Crippen LogP contribution in [0.15, 0.2) is 18.3 Å². The van der Waals surface area contributed by atoms with Crippen molar-refractivity contribution in [3.63, 3.8) is 0 Å². The molecule has 0 radical (unpaired) electrons. The highest BCUT2D eigenvalue weighted by atomic mass is 16.3. The molecule has 5 nitrogen and oxygen atoms in total. The minimum Gasteiger partial charge on any atom is -0.393 e. The van der Waals surface area contributed by atoms with Crippen LogP contribution < -0.4 is 10.6 Å². The van der Waals surface area contributed by atoms with E-state index in [9.17, 15) is 9.90 Å². The van der Waals surface area contributed by atoms with Gasteiger partial charge in [-0.1, -0.05) is 13.3 Å². The van der Waals surface area contributed by atoms with E-state index in [0.717, 1.165) is 38.0 Å². The van der Waals surface area contributed by atoms with Crippen LogP contribution in [0, 0.1) is 5.92 Å². The lowest BCUT2D eigenvalue weighted by Gasteiger charge is -2.15. The molecule has 0 spiro atoms. The van der Waals surface area contributed by atoms with Crippen molar-refractivity contribution >= 4 is 11.7 Å². The van der Waals surface area contributed by atoms with Crippen LogP contribution in [-0.4, -0.2) is 35.2 Å². The summed E-state index contributed by atoms with van der Waals surface area (Å²) in [7, 11) is 0. The summed E-state index contributed by atoms with van der Waals surface area (Å²) in [6, 6.07) is 3.58. The lowest BCUT2D eigenvalue weighted by Crippen LogP contribution is -2.24. The molecule has 1 heterocycles. The summed E-state index contributed by atoms with van der Waals surface area (Å²) in [5, 5.41) is 15.8. The van der Waals surface area contributed by atoms with Gasteiger partial charge in [-0.15, -0.1) is 0 Å². The molecule has 20 heavy (non-hydrogen) atoms. The molecule has 1 amide bonds. The number of amides is 1. The molecule has 2 atom stereocenters. The molecule has 1 aliphatic carbocycles. The van der Waals surface area contributed by atoms with Crippen molar-refractivity contribution in [1.29, 1.82) is 0 Å². The third-order valence-electron chi connectivity index (χ3n) is 3.73. The number of nitrogens with zero attached hydrogens (tertiary/aromatic N) is 1. The normalized spacial score (nSPS) is 21.7. The molecule has 110 valence electrons. The van der Waals surface area contributed by atoms with E-state index in [0.29, 0.717) is 18.0 Å². The number of pyridine rings is 1. The highest BCUT2D eigenvalue weighted by Crippen LogP contribution is 2.25. The van der Waals surface area contributed by atoms with Gasteiger partial charge in [0.2, 0.25) is 0 Å². The van der Waals surface area contributed by atoms with Crippen molar-refractivity contribution in [3.05, 3.63) is 23.9 Å². The monoisotopic (exact) mass is 277 g/mol. The van der Waals surface area contributed by atoms with Gasteiger partial charge < -0.3 is 15.7 Å². The van der Waals surface area contributed by atoms with Crippen LogP contribution >= 0.6 is 0 Å². The van der Waals surface area contributed by atoms with Gasteiger partial charge in [-0.25, -0.2) is 4.98 Å². The molecule has 0 aromatic carbocycles. The minimum atomic E-state index is -0.193. The van der Waals surface area contributed by atoms with E-state index in [1.165, 1.54) is 0 Å². The Bertz CT molecular complexity index is 433. The standard InChI is InChI=1S/C15H23N3O2/c1-2-8-16-15(20)12-6-7-14(18-10-12)17-9-11-4-3-5-13(11)19/h6-7,10-11,13,19H,2-5,8-9H2,1H3,(H,16,20)(H,17,18). The van der Waals surface area contributed by atoms with Crippen molar-refractivity contribution in [3.8, 4) is 0 Å². The van der Waals surface area contributed by atoms with Gasteiger partial charge in [-0.2, -0.15) is 0 Å². The molecule has 1 aliphatic rings. The maximum Gasteiger partial charge on any atom is 0.252 e. The fourth-order valence-corrected chi connectivity index (χ4v) is 2.46. The van der Waals surface area contributed by atoms with Gasteiger partial charge in [-0.3, -0.25) is 4.79 Å². The highest BCUT2D eigenvalue weighted by Gasteiger charge is 2.24. The van der Waals surface area contributed by atoms with Crippen LogP contribution in [0.1, 0.15) is 43.0 Å². The fraction of sp³-hybridized carbons (Fsp3) is 0.600. The molecule has 1 aromatic rings. The van der Waals surface area contributed by atoms with E-state index in [-0.39, 0.29) is 12.0 Å². The first-order valence-corrected chi connectivity index (χ1v) is 7.37. The number of hydrogen-bond donors (Lipinski definition) is 3. The second-order valence-electron chi connectivity index (χ2n) is 5.33. The van der Waals surface area contributed by atoms with Gasteiger partial charge >= 0.3 is 0 Å². The first kappa shape index (κ1) is 14.8. The third kappa shape index (κ3) is 3.93. The van der Waals surface area contributed by atoms with E-state index < -0.39 is 0 Å². The van der Waals surface area contributed by atoms with Crippen molar-refractivity contribution in [2.45, 2.75) is 38.7 Å². The summed E-state index contributed by atoms with van der Waals surface area (Å²) in [6.07, 6.45) is 5.36. The number of aliphatic hydroxyl groups is 1. The molecule has 5 heteroatoms. The summed E-state index contributed by atoms with van der Waals surface area (Å²) < 4.78 is 0. The molecular formula is C15H23N3O2. The van der Waals surface area contributed by atoms with Crippen LogP contribution in [0.5, 0.6) is 0 Å². The van der Waals surface area contributed by atoms with Crippen molar-refractivity contribution in [2.24, 2.45) is 5.92 Å². The van der Waals surface area contributed by atoms with Crippen molar-refractivity contribution < 1.29 is 9.90 Å². The molecule has 0 bridgehead atoms. The molecule has 0 saturated heterocycles. The molecule has 3 N–H and O–H groups in total. The zero-order valence-electron chi connectivity index (χ0n) is 11.9. The molecule has 1 saturated carbocycles. The molecule has 2 rings (SSSR count). The Balaban J connectivity index is 1.83. The number of carbonyl (C=O) groups is 1. The third-order valence-corrected chi connectivity index (χ3v) is 3.73. The number of rotatable bonds is 6. The average Bonchev–Trinajstić information content (AvgIpc) is 2.88. The van der Waals surface area contributed by atoms with Gasteiger partial charge in [0.05, 0.1) is 11.7 Å². The molecular weight excluding hydrogens is 254 g/mol.